The van der Waals surface area contributed by atoms with Crippen molar-refractivity contribution in [2.24, 2.45) is 5.14 Å². The number of rotatable bonds is 3. The Kier molecular flexibility index (Phi) is 3.88. The van der Waals surface area contributed by atoms with Gasteiger partial charge in [-0.25, -0.2) is 13.6 Å². The molecule has 1 aliphatic rings. The van der Waals surface area contributed by atoms with Crippen LogP contribution in [0.2, 0.25) is 0 Å². The first kappa shape index (κ1) is 11.9. The summed E-state index contributed by atoms with van der Waals surface area (Å²) in [6.07, 6.45) is -0.277. The van der Waals surface area contributed by atoms with Gasteiger partial charge in [0.1, 0.15) is 0 Å². The zero-order chi connectivity index (χ0) is 10.8. The Morgan fingerprint density at radius 2 is 2.21 bits per heavy atom. The Hall–Kier alpha value is -0.170. The maximum absolute atomic E-state index is 10.9. The first-order chi connectivity index (χ1) is 6.38. The van der Waals surface area contributed by atoms with Gasteiger partial charge in [-0.15, -0.1) is 0 Å². The highest BCUT2D eigenvalue weighted by atomic mass is 32.2. The third-order valence-corrected chi connectivity index (χ3v) is 3.16. The number of ether oxygens (including phenoxy) is 1. The topological polar surface area (TPSA) is 72.6 Å². The van der Waals surface area contributed by atoms with Crippen molar-refractivity contribution in [1.82, 2.24) is 4.90 Å². The summed E-state index contributed by atoms with van der Waals surface area (Å²) in [4.78, 5) is 2.19. The summed E-state index contributed by atoms with van der Waals surface area (Å²) >= 11 is 0. The summed E-state index contributed by atoms with van der Waals surface area (Å²) in [5.74, 6) is -0.0871. The summed E-state index contributed by atoms with van der Waals surface area (Å²) in [6.45, 7) is 6.25. The molecular formula is C8H18N2O3S. The normalized spacial score (nSPS) is 25.6. The highest BCUT2D eigenvalue weighted by molar-refractivity contribution is 7.89. The Labute approximate surface area is 85.3 Å². The van der Waals surface area contributed by atoms with Crippen LogP contribution in [0.5, 0.6) is 0 Å². The minimum absolute atomic E-state index is 0.0871. The molecule has 0 saturated carbocycles. The average Bonchev–Trinajstić information content (AvgIpc) is 2.01. The van der Waals surface area contributed by atoms with Crippen molar-refractivity contribution in [1.29, 1.82) is 0 Å². The Bertz CT molecular complexity index is 276. The van der Waals surface area contributed by atoms with Gasteiger partial charge in [0.25, 0.3) is 0 Å². The van der Waals surface area contributed by atoms with Gasteiger partial charge in [-0.3, -0.25) is 4.90 Å². The molecule has 0 bridgehead atoms. The molecule has 0 aromatic rings. The molecule has 1 heterocycles. The molecule has 14 heavy (non-hydrogen) atoms. The molecule has 0 radical (unpaired) electrons. The van der Waals surface area contributed by atoms with Crippen LogP contribution >= 0.6 is 0 Å². The minimum atomic E-state index is -3.42. The maximum atomic E-state index is 10.9. The molecule has 84 valence electrons. The highest BCUT2D eigenvalue weighted by Crippen LogP contribution is 2.09. The smallest absolute Gasteiger partial charge is 0.211 e. The van der Waals surface area contributed by atoms with E-state index in [0.29, 0.717) is 19.2 Å². The molecule has 5 nitrogen and oxygen atoms in total. The quantitative estimate of drug-likeness (QED) is 0.691. The van der Waals surface area contributed by atoms with Gasteiger partial charge in [-0.2, -0.15) is 0 Å². The van der Waals surface area contributed by atoms with E-state index in [1.165, 1.54) is 0 Å². The lowest BCUT2D eigenvalue weighted by molar-refractivity contribution is -0.0272. The number of morpholine rings is 1. The second-order valence-corrected chi connectivity index (χ2v) is 5.57. The van der Waals surface area contributed by atoms with Gasteiger partial charge in [0.2, 0.25) is 10.0 Å². The van der Waals surface area contributed by atoms with Crippen LogP contribution in [0.1, 0.15) is 13.8 Å². The first-order valence-corrected chi connectivity index (χ1v) is 6.46. The van der Waals surface area contributed by atoms with Crippen molar-refractivity contribution in [3.8, 4) is 0 Å². The van der Waals surface area contributed by atoms with Crippen molar-refractivity contribution < 1.29 is 13.2 Å². The number of hydrogen-bond donors (Lipinski definition) is 1. The number of nitrogens with zero attached hydrogens (tertiary/aromatic N) is 1. The molecule has 1 aliphatic heterocycles. The van der Waals surface area contributed by atoms with Crippen LogP contribution in [0, 0.1) is 0 Å². The van der Waals surface area contributed by atoms with Crippen molar-refractivity contribution in [3.05, 3.63) is 0 Å². The van der Waals surface area contributed by atoms with Crippen LogP contribution in [0.15, 0.2) is 0 Å². The standard InChI is InChI=1S/C8H18N2O3S/c1-7(2)10-3-4-13-8(5-10)6-14(9,11)12/h7-8H,3-6H2,1-2H3,(H2,9,11,12). The van der Waals surface area contributed by atoms with E-state index in [-0.39, 0.29) is 11.9 Å². The van der Waals surface area contributed by atoms with E-state index < -0.39 is 10.0 Å². The summed E-state index contributed by atoms with van der Waals surface area (Å²) in [7, 11) is -3.42. The largest absolute Gasteiger partial charge is 0.374 e. The molecule has 6 heteroatoms. The molecule has 0 aromatic carbocycles. The number of nitrogens with two attached hydrogens (primary N) is 1. The van der Waals surface area contributed by atoms with Crippen molar-refractivity contribution in [3.63, 3.8) is 0 Å². The molecule has 1 unspecified atom stereocenters. The fraction of sp³-hybridized carbons (Fsp3) is 1.00. The molecule has 2 N–H and O–H groups in total. The van der Waals surface area contributed by atoms with Crippen LogP contribution in [0.3, 0.4) is 0 Å². The lowest BCUT2D eigenvalue weighted by Crippen LogP contribution is -2.48. The van der Waals surface area contributed by atoms with Gasteiger partial charge in [0, 0.05) is 19.1 Å². The molecule has 0 spiro atoms. The molecule has 0 aliphatic carbocycles. The monoisotopic (exact) mass is 222 g/mol. The predicted octanol–water partition coefficient (Wildman–Crippen LogP) is -0.616. The lowest BCUT2D eigenvalue weighted by Gasteiger charge is -2.35. The van der Waals surface area contributed by atoms with Gasteiger partial charge in [-0.05, 0) is 13.8 Å². The summed E-state index contributed by atoms with van der Waals surface area (Å²) < 4.78 is 27.0. The van der Waals surface area contributed by atoms with Crippen LogP contribution < -0.4 is 5.14 Å². The summed E-state index contributed by atoms with van der Waals surface area (Å²) in [5, 5.41) is 4.96. The molecule has 1 fully saturated rings. The van der Waals surface area contributed by atoms with E-state index >= 15 is 0 Å². The fourth-order valence-corrected chi connectivity index (χ4v) is 2.29. The minimum Gasteiger partial charge on any atom is -0.374 e. The third-order valence-electron chi connectivity index (χ3n) is 2.32. The second kappa shape index (κ2) is 4.57. The van der Waals surface area contributed by atoms with E-state index in [1.54, 1.807) is 0 Å². The average molecular weight is 222 g/mol. The van der Waals surface area contributed by atoms with E-state index in [1.807, 2.05) is 0 Å². The van der Waals surface area contributed by atoms with Gasteiger partial charge < -0.3 is 4.74 Å². The van der Waals surface area contributed by atoms with Crippen molar-refractivity contribution >= 4 is 10.0 Å². The van der Waals surface area contributed by atoms with Crippen LogP contribution in [0.25, 0.3) is 0 Å². The van der Waals surface area contributed by atoms with Crippen LogP contribution in [-0.2, 0) is 14.8 Å². The van der Waals surface area contributed by atoms with Gasteiger partial charge in [0.05, 0.1) is 18.5 Å². The Morgan fingerprint density at radius 3 is 2.71 bits per heavy atom. The van der Waals surface area contributed by atoms with Crippen molar-refractivity contribution in [2.75, 3.05) is 25.4 Å². The van der Waals surface area contributed by atoms with Gasteiger partial charge >= 0.3 is 0 Å². The van der Waals surface area contributed by atoms with E-state index in [9.17, 15) is 8.42 Å². The predicted molar refractivity (Wildman–Crippen MR) is 54.4 cm³/mol. The number of primary sulfonamides is 1. The van der Waals surface area contributed by atoms with Gasteiger partial charge in [-0.1, -0.05) is 0 Å². The van der Waals surface area contributed by atoms with E-state index in [0.717, 1.165) is 6.54 Å². The Morgan fingerprint density at radius 1 is 1.57 bits per heavy atom. The zero-order valence-corrected chi connectivity index (χ0v) is 9.46. The van der Waals surface area contributed by atoms with E-state index in [4.69, 9.17) is 9.88 Å². The molecular weight excluding hydrogens is 204 g/mol. The Balaban J connectivity index is 2.48. The molecule has 1 atom stereocenters. The fourth-order valence-electron chi connectivity index (χ4n) is 1.57. The highest BCUT2D eigenvalue weighted by Gasteiger charge is 2.25. The molecule has 0 aromatic heterocycles. The number of sulfonamides is 1. The van der Waals surface area contributed by atoms with Crippen LogP contribution in [0.4, 0.5) is 0 Å². The summed E-state index contributed by atoms with van der Waals surface area (Å²) in [5.41, 5.74) is 0. The van der Waals surface area contributed by atoms with Crippen molar-refractivity contribution in [2.45, 2.75) is 26.0 Å². The zero-order valence-electron chi connectivity index (χ0n) is 8.64. The molecule has 1 saturated heterocycles. The first-order valence-electron chi connectivity index (χ1n) is 4.74. The lowest BCUT2D eigenvalue weighted by atomic mass is 10.2. The van der Waals surface area contributed by atoms with Crippen LogP contribution in [-0.4, -0.2) is 50.9 Å². The molecule has 0 amide bonds. The van der Waals surface area contributed by atoms with Gasteiger partial charge in [0.15, 0.2) is 0 Å². The summed E-state index contributed by atoms with van der Waals surface area (Å²) in [6, 6.07) is 0.418. The maximum Gasteiger partial charge on any atom is 0.211 e. The third kappa shape index (κ3) is 3.91. The second-order valence-electron chi connectivity index (χ2n) is 3.91. The molecule has 1 rings (SSSR count). The number of hydrogen-bond acceptors (Lipinski definition) is 4. The SMILES string of the molecule is CC(C)N1CCOC(CS(N)(=O)=O)C1. The van der Waals surface area contributed by atoms with E-state index in [2.05, 4.69) is 18.7 Å².